The van der Waals surface area contributed by atoms with E-state index in [-0.39, 0.29) is 11.9 Å². The van der Waals surface area contributed by atoms with Crippen molar-refractivity contribution in [1.29, 1.82) is 0 Å². The number of carbonyl (C=O) groups excluding carboxylic acids is 1. The molecule has 0 saturated heterocycles. The Balaban J connectivity index is 1.60. The number of hydrazine groups is 2. The molecule has 0 aliphatic carbocycles. The second-order valence-corrected chi connectivity index (χ2v) is 7.08. The van der Waals surface area contributed by atoms with Crippen LogP contribution in [-0.2, 0) is 4.79 Å². The first-order chi connectivity index (χ1) is 12.9. The maximum Gasteiger partial charge on any atom is 0.256 e. The summed E-state index contributed by atoms with van der Waals surface area (Å²) < 4.78 is 0. The third-order valence-electron chi connectivity index (χ3n) is 4.33. The summed E-state index contributed by atoms with van der Waals surface area (Å²) in [5.41, 5.74) is 14.0. The van der Waals surface area contributed by atoms with E-state index in [1.807, 2.05) is 7.05 Å². The highest BCUT2D eigenvalue weighted by Crippen LogP contribution is 2.33. The van der Waals surface area contributed by atoms with Gasteiger partial charge in [0.05, 0.1) is 17.3 Å². The lowest BCUT2D eigenvalue weighted by Crippen LogP contribution is -2.33. The molecule has 27 heavy (non-hydrogen) atoms. The van der Waals surface area contributed by atoms with Crippen molar-refractivity contribution in [2.45, 2.75) is 6.04 Å². The Labute approximate surface area is 165 Å². The zero-order valence-electron chi connectivity index (χ0n) is 14.3. The van der Waals surface area contributed by atoms with E-state index in [2.05, 4.69) is 21.2 Å². The fraction of sp³-hybridized carbons (Fsp3) is 0.176. The predicted octanol–water partition coefficient (Wildman–Crippen LogP) is 1.36. The van der Waals surface area contributed by atoms with E-state index >= 15 is 0 Å². The minimum Gasteiger partial charge on any atom is -0.384 e. The summed E-state index contributed by atoms with van der Waals surface area (Å²) >= 11 is 12.5. The Morgan fingerprint density at radius 3 is 3.04 bits per heavy atom. The third-order valence-corrected chi connectivity index (χ3v) is 4.91. The summed E-state index contributed by atoms with van der Waals surface area (Å²) in [6, 6.07) is 4.89. The minimum atomic E-state index is -0.332. The van der Waals surface area contributed by atoms with Crippen molar-refractivity contribution < 1.29 is 4.79 Å². The molecule has 0 fully saturated rings. The van der Waals surface area contributed by atoms with Crippen LogP contribution in [0.15, 0.2) is 58.8 Å². The van der Waals surface area contributed by atoms with Crippen LogP contribution in [0.5, 0.6) is 0 Å². The van der Waals surface area contributed by atoms with Gasteiger partial charge in [-0.3, -0.25) is 9.80 Å². The maximum atomic E-state index is 12.9. The van der Waals surface area contributed by atoms with Gasteiger partial charge in [-0.05, 0) is 29.8 Å². The van der Waals surface area contributed by atoms with Crippen molar-refractivity contribution in [1.82, 2.24) is 26.2 Å². The van der Waals surface area contributed by atoms with Crippen LogP contribution in [-0.4, -0.2) is 35.4 Å². The van der Waals surface area contributed by atoms with E-state index in [0.717, 1.165) is 5.56 Å². The molecule has 1 amide bonds. The number of aliphatic imine (C=N–C) groups is 1. The number of halogens is 2. The predicted molar refractivity (Wildman–Crippen MR) is 104 cm³/mol. The lowest BCUT2D eigenvalue weighted by molar-refractivity contribution is -0.116. The summed E-state index contributed by atoms with van der Waals surface area (Å²) in [6.45, 7) is 0.349. The van der Waals surface area contributed by atoms with Gasteiger partial charge in [0.15, 0.2) is 5.82 Å². The monoisotopic (exact) mass is 405 g/mol. The Bertz CT molecular complexity index is 937. The van der Waals surface area contributed by atoms with Crippen molar-refractivity contribution in [2.75, 3.05) is 13.6 Å². The van der Waals surface area contributed by atoms with Gasteiger partial charge in [0, 0.05) is 36.0 Å². The van der Waals surface area contributed by atoms with Crippen molar-refractivity contribution in [3.8, 4) is 0 Å². The normalized spacial score (nSPS) is 21.4. The van der Waals surface area contributed by atoms with E-state index in [4.69, 9.17) is 28.9 Å². The molecule has 1 aromatic rings. The number of benzene rings is 1. The van der Waals surface area contributed by atoms with Gasteiger partial charge in [-0.1, -0.05) is 23.2 Å². The fourth-order valence-electron chi connectivity index (χ4n) is 3.08. The number of amides is 1. The summed E-state index contributed by atoms with van der Waals surface area (Å²) in [7, 11) is 1.84. The van der Waals surface area contributed by atoms with Crippen LogP contribution in [0.25, 0.3) is 0 Å². The third kappa shape index (κ3) is 3.40. The molecule has 0 spiro atoms. The Kier molecular flexibility index (Phi) is 4.56. The molecule has 1 atom stereocenters. The molecule has 3 aliphatic rings. The Hall–Kier alpha value is -2.52. The lowest BCUT2D eigenvalue weighted by atomic mass is 10.0. The number of fused-ring (bicyclic) bond motifs is 1. The van der Waals surface area contributed by atoms with Gasteiger partial charge in [-0.15, -0.1) is 0 Å². The molecular formula is C17H17Cl2N7O. The Morgan fingerprint density at radius 1 is 1.41 bits per heavy atom. The van der Waals surface area contributed by atoms with Gasteiger partial charge in [-0.25, -0.2) is 15.8 Å². The van der Waals surface area contributed by atoms with Gasteiger partial charge in [-0.2, -0.15) is 0 Å². The number of nitrogens with two attached hydrogens (primary N) is 1. The molecule has 3 heterocycles. The summed E-state index contributed by atoms with van der Waals surface area (Å²) in [6.07, 6.45) is 5.19. The number of hydrogen-bond acceptors (Lipinski definition) is 7. The second kappa shape index (κ2) is 6.90. The van der Waals surface area contributed by atoms with Gasteiger partial charge in [0.25, 0.3) is 5.91 Å². The van der Waals surface area contributed by atoms with Crippen molar-refractivity contribution in [3.05, 3.63) is 69.4 Å². The van der Waals surface area contributed by atoms with Crippen molar-refractivity contribution in [3.63, 3.8) is 0 Å². The molecule has 8 nitrogen and oxygen atoms in total. The van der Waals surface area contributed by atoms with Crippen molar-refractivity contribution >= 4 is 34.9 Å². The van der Waals surface area contributed by atoms with Gasteiger partial charge in [0.1, 0.15) is 5.84 Å². The molecule has 0 saturated carbocycles. The quantitative estimate of drug-likeness (QED) is 0.605. The standard InChI is InChI=1S/C17H17Cl2N7O/c1-25-8-13(15(24-25)10-6-9(18)2-3-12(10)19)22-17(27)11-7-21-26-5-4-14(20)23-16(11)26/h2-6,8,15,21,24H,7H2,1H3,(H2,20,23)(H,22,27). The smallest absolute Gasteiger partial charge is 0.256 e. The average Bonchev–Trinajstić information content (AvgIpc) is 3.20. The lowest BCUT2D eigenvalue weighted by Gasteiger charge is -2.20. The Morgan fingerprint density at radius 2 is 2.22 bits per heavy atom. The first-order valence-corrected chi connectivity index (χ1v) is 8.93. The largest absolute Gasteiger partial charge is 0.384 e. The van der Waals surface area contributed by atoms with E-state index in [9.17, 15) is 4.79 Å². The van der Waals surface area contributed by atoms with Crippen LogP contribution in [0.4, 0.5) is 0 Å². The van der Waals surface area contributed by atoms with E-state index in [0.29, 0.717) is 39.5 Å². The highest BCUT2D eigenvalue weighted by Gasteiger charge is 2.31. The minimum absolute atomic E-state index is 0.265. The van der Waals surface area contributed by atoms with Gasteiger partial charge < -0.3 is 16.1 Å². The maximum absolute atomic E-state index is 12.9. The SMILES string of the molecule is CN1C=C(NC(=O)C2=C3N=C(N)C=CN3NC2)C(c2cc(Cl)ccc2Cl)N1. The zero-order valence-corrected chi connectivity index (χ0v) is 15.8. The van der Waals surface area contributed by atoms with E-state index in [1.54, 1.807) is 46.7 Å². The van der Waals surface area contributed by atoms with Crippen LogP contribution < -0.4 is 21.9 Å². The molecule has 140 valence electrons. The van der Waals surface area contributed by atoms with Crippen LogP contribution in [0.3, 0.4) is 0 Å². The van der Waals surface area contributed by atoms with E-state index in [1.165, 1.54) is 0 Å². The zero-order chi connectivity index (χ0) is 19.1. The number of rotatable bonds is 3. The number of carbonyl (C=O) groups is 1. The number of hydrogen-bond donors (Lipinski definition) is 4. The average molecular weight is 406 g/mol. The van der Waals surface area contributed by atoms with Crippen molar-refractivity contribution in [2.24, 2.45) is 10.7 Å². The summed E-state index contributed by atoms with van der Waals surface area (Å²) in [5.74, 6) is 0.573. The molecule has 4 rings (SSSR count). The molecule has 1 unspecified atom stereocenters. The molecule has 0 aromatic heterocycles. The van der Waals surface area contributed by atoms with Crippen LogP contribution in [0, 0.1) is 0 Å². The van der Waals surface area contributed by atoms with Crippen LogP contribution in [0.1, 0.15) is 11.6 Å². The highest BCUT2D eigenvalue weighted by atomic mass is 35.5. The van der Waals surface area contributed by atoms with Crippen LogP contribution in [0.2, 0.25) is 10.0 Å². The van der Waals surface area contributed by atoms with Gasteiger partial charge >= 0.3 is 0 Å². The van der Waals surface area contributed by atoms with E-state index < -0.39 is 0 Å². The molecule has 0 bridgehead atoms. The first kappa shape index (κ1) is 17.9. The first-order valence-electron chi connectivity index (χ1n) is 8.17. The number of nitrogens with zero attached hydrogens (tertiary/aromatic N) is 3. The fourth-order valence-corrected chi connectivity index (χ4v) is 3.49. The molecule has 10 heteroatoms. The molecular weight excluding hydrogens is 389 g/mol. The molecule has 1 aromatic carbocycles. The summed E-state index contributed by atoms with van der Waals surface area (Å²) in [5, 5.41) is 7.50. The van der Waals surface area contributed by atoms with Gasteiger partial charge in [0.2, 0.25) is 0 Å². The molecule has 0 radical (unpaired) electrons. The number of amidine groups is 1. The molecule has 3 aliphatic heterocycles. The highest BCUT2D eigenvalue weighted by molar-refractivity contribution is 6.33. The topological polar surface area (TPSA) is 98.0 Å². The number of nitrogens with one attached hydrogen (secondary N) is 3. The van der Waals surface area contributed by atoms with Crippen LogP contribution >= 0.6 is 23.2 Å². The second-order valence-electron chi connectivity index (χ2n) is 6.24. The summed E-state index contributed by atoms with van der Waals surface area (Å²) in [4.78, 5) is 17.1. The molecule has 5 N–H and O–H groups in total.